The number of aromatic carboxylic acids is 1. The Morgan fingerprint density at radius 2 is 2.28 bits per heavy atom. The molecule has 0 aromatic heterocycles. The van der Waals surface area contributed by atoms with E-state index in [1.54, 1.807) is 0 Å². The Labute approximate surface area is 104 Å². The fraction of sp³-hybridized carbons (Fsp3) is 0.385. The van der Waals surface area contributed by atoms with Crippen LogP contribution in [0, 0.1) is 22.6 Å². The molecule has 4 nitrogen and oxygen atoms in total. The third kappa shape index (κ3) is 2.59. The van der Waals surface area contributed by atoms with E-state index in [-0.39, 0.29) is 16.7 Å². The lowest BCUT2D eigenvalue weighted by atomic mass is 10.1. The Balaban J connectivity index is 2.02. The number of ether oxygens (including phenoxy) is 1. The number of hydrogen-bond acceptors (Lipinski definition) is 3. The van der Waals surface area contributed by atoms with Crippen LogP contribution >= 0.6 is 0 Å². The Bertz CT molecular complexity index is 517. The molecule has 18 heavy (non-hydrogen) atoms. The third-order valence-corrected chi connectivity index (χ3v) is 3.12. The van der Waals surface area contributed by atoms with Gasteiger partial charge in [0.1, 0.15) is 0 Å². The second-order valence-electron chi connectivity index (χ2n) is 4.57. The van der Waals surface area contributed by atoms with Gasteiger partial charge in [0.05, 0.1) is 18.2 Å². The van der Waals surface area contributed by atoms with Gasteiger partial charge in [-0.25, -0.2) is 9.18 Å². The topological polar surface area (TPSA) is 70.3 Å². The van der Waals surface area contributed by atoms with Gasteiger partial charge in [-0.2, -0.15) is 5.26 Å². The van der Waals surface area contributed by atoms with Crippen LogP contribution in [0.1, 0.15) is 29.6 Å². The SMILES string of the molecule is N#CCC1(COc2ccc(C(=O)O)cc2F)CC1. The summed E-state index contributed by atoms with van der Waals surface area (Å²) in [7, 11) is 0. The van der Waals surface area contributed by atoms with Gasteiger partial charge in [-0.1, -0.05) is 0 Å². The van der Waals surface area contributed by atoms with Crippen molar-refractivity contribution in [2.45, 2.75) is 19.3 Å². The maximum Gasteiger partial charge on any atom is 0.335 e. The highest BCUT2D eigenvalue weighted by Gasteiger charge is 2.43. The molecule has 1 aromatic rings. The zero-order valence-electron chi connectivity index (χ0n) is 9.65. The molecule has 0 amide bonds. The molecule has 94 valence electrons. The number of rotatable bonds is 5. The van der Waals surface area contributed by atoms with Gasteiger partial charge in [-0.05, 0) is 31.0 Å². The smallest absolute Gasteiger partial charge is 0.335 e. The molecule has 0 bridgehead atoms. The van der Waals surface area contributed by atoms with E-state index in [4.69, 9.17) is 15.1 Å². The number of nitrogens with zero attached hydrogens (tertiary/aromatic N) is 1. The third-order valence-electron chi connectivity index (χ3n) is 3.12. The van der Waals surface area contributed by atoms with E-state index in [2.05, 4.69) is 6.07 Å². The molecule has 0 atom stereocenters. The number of carboxylic acid groups (broad SMARTS) is 1. The van der Waals surface area contributed by atoms with Crippen LogP contribution in [0.4, 0.5) is 4.39 Å². The van der Waals surface area contributed by atoms with E-state index in [1.807, 2.05) is 0 Å². The molecule has 0 spiro atoms. The van der Waals surface area contributed by atoms with Crippen LogP contribution in [0.3, 0.4) is 0 Å². The van der Waals surface area contributed by atoms with Crippen LogP contribution in [0.5, 0.6) is 5.75 Å². The monoisotopic (exact) mass is 249 g/mol. The summed E-state index contributed by atoms with van der Waals surface area (Å²) in [4.78, 5) is 10.6. The lowest BCUT2D eigenvalue weighted by Gasteiger charge is -2.13. The van der Waals surface area contributed by atoms with E-state index in [0.29, 0.717) is 13.0 Å². The van der Waals surface area contributed by atoms with E-state index < -0.39 is 11.8 Å². The Hall–Kier alpha value is -2.09. The van der Waals surface area contributed by atoms with Gasteiger partial charge in [-0.15, -0.1) is 0 Å². The average molecular weight is 249 g/mol. The molecule has 0 heterocycles. The van der Waals surface area contributed by atoms with E-state index in [0.717, 1.165) is 18.9 Å². The number of carbonyl (C=O) groups is 1. The van der Waals surface area contributed by atoms with Gasteiger partial charge < -0.3 is 9.84 Å². The summed E-state index contributed by atoms with van der Waals surface area (Å²) in [5.74, 6) is -1.84. The summed E-state index contributed by atoms with van der Waals surface area (Å²) in [6.07, 6.45) is 2.23. The summed E-state index contributed by atoms with van der Waals surface area (Å²) >= 11 is 0. The molecule has 5 heteroatoms. The van der Waals surface area contributed by atoms with Crippen molar-refractivity contribution in [2.75, 3.05) is 6.61 Å². The number of nitriles is 1. The fourth-order valence-electron chi connectivity index (χ4n) is 1.70. The predicted octanol–water partition coefficient (Wildman–Crippen LogP) is 2.60. The minimum atomic E-state index is -1.18. The average Bonchev–Trinajstić information content (AvgIpc) is 3.08. The molecule has 1 saturated carbocycles. The van der Waals surface area contributed by atoms with Crippen molar-refractivity contribution < 1.29 is 19.0 Å². The van der Waals surface area contributed by atoms with Crippen molar-refractivity contribution in [1.82, 2.24) is 0 Å². The maximum absolute atomic E-state index is 13.5. The molecule has 1 aromatic carbocycles. The molecule has 2 rings (SSSR count). The van der Waals surface area contributed by atoms with Crippen LogP contribution in [0.15, 0.2) is 18.2 Å². The van der Waals surface area contributed by atoms with Crippen molar-refractivity contribution in [3.63, 3.8) is 0 Å². The van der Waals surface area contributed by atoms with Gasteiger partial charge in [0.2, 0.25) is 0 Å². The van der Waals surface area contributed by atoms with Gasteiger partial charge in [0.25, 0.3) is 0 Å². The van der Waals surface area contributed by atoms with Crippen LogP contribution in [-0.2, 0) is 0 Å². The minimum Gasteiger partial charge on any atom is -0.490 e. The van der Waals surface area contributed by atoms with E-state index >= 15 is 0 Å². The maximum atomic E-state index is 13.5. The molecule has 1 aliphatic rings. The summed E-state index contributed by atoms with van der Waals surface area (Å²) in [6.45, 7) is 0.296. The molecule has 0 aliphatic heterocycles. The first-order chi connectivity index (χ1) is 8.56. The van der Waals surface area contributed by atoms with Crippen LogP contribution in [0.25, 0.3) is 0 Å². The first-order valence-electron chi connectivity index (χ1n) is 5.59. The second kappa shape index (κ2) is 4.65. The second-order valence-corrected chi connectivity index (χ2v) is 4.57. The molecule has 0 saturated heterocycles. The molecule has 1 aliphatic carbocycles. The Kier molecular flexibility index (Phi) is 3.19. The zero-order chi connectivity index (χ0) is 13.2. The molecule has 1 N–H and O–H groups in total. The lowest BCUT2D eigenvalue weighted by Crippen LogP contribution is -2.13. The van der Waals surface area contributed by atoms with Crippen LogP contribution in [0.2, 0.25) is 0 Å². The highest BCUT2D eigenvalue weighted by molar-refractivity contribution is 5.87. The predicted molar refractivity (Wildman–Crippen MR) is 60.8 cm³/mol. The first kappa shape index (κ1) is 12.4. The van der Waals surface area contributed by atoms with Crippen molar-refractivity contribution in [1.29, 1.82) is 5.26 Å². The lowest BCUT2D eigenvalue weighted by molar-refractivity contribution is 0.0696. The summed E-state index contributed by atoms with van der Waals surface area (Å²) in [6, 6.07) is 5.63. The van der Waals surface area contributed by atoms with Gasteiger partial charge in [0.15, 0.2) is 11.6 Å². The van der Waals surface area contributed by atoms with Crippen LogP contribution < -0.4 is 4.74 Å². The Morgan fingerprint density at radius 1 is 1.56 bits per heavy atom. The minimum absolute atomic E-state index is 0.0317. The normalized spacial score (nSPS) is 15.8. The van der Waals surface area contributed by atoms with Gasteiger partial charge >= 0.3 is 5.97 Å². The summed E-state index contributed by atoms with van der Waals surface area (Å²) < 4.78 is 18.9. The van der Waals surface area contributed by atoms with Crippen molar-refractivity contribution in [3.8, 4) is 11.8 Å². The molecule has 1 fully saturated rings. The molecule has 0 radical (unpaired) electrons. The first-order valence-corrected chi connectivity index (χ1v) is 5.59. The fourth-order valence-corrected chi connectivity index (χ4v) is 1.70. The number of carboxylic acids is 1. The largest absolute Gasteiger partial charge is 0.490 e. The van der Waals surface area contributed by atoms with Crippen molar-refractivity contribution in [3.05, 3.63) is 29.6 Å². The molecular formula is C13H12FNO3. The number of benzene rings is 1. The van der Waals surface area contributed by atoms with Gasteiger partial charge in [0, 0.05) is 11.8 Å². The van der Waals surface area contributed by atoms with E-state index in [1.165, 1.54) is 12.1 Å². The van der Waals surface area contributed by atoms with Crippen molar-refractivity contribution >= 4 is 5.97 Å². The van der Waals surface area contributed by atoms with Gasteiger partial charge in [-0.3, -0.25) is 0 Å². The summed E-state index contributed by atoms with van der Waals surface area (Å²) in [5, 5.41) is 17.3. The highest BCUT2D eigenvalue weighted by atomic mass is 19.1. The number of hydrogen-bond donors (Lipinski definition) is 1. The van der Waals surface area contributed by atoms with Crippen molar-refractivity contribution in [2.24, 2.45) is 5.41 Å². The standard InChI is InChI=1S/C13H12FNO3/c14-10-7-9(12(16)17)1-2-11(10)18-8-13(3-4-13)5-6-15/h1-2,7H,3-5,8H2,(H,16,17). The van der Waals surface area contributed by atoms with E-state index in [9.17, 15) is 9.18 Å². The molecule has 0 unspecified atom stereocenters. The highest BCUT2D eigenvalue weighted by Crippen LogP contribution is 2.48. The van der Waals surface area contributed by atoms with Crippen LogP contribution in [-0.4, -0.2) is 17.7 Å². The number of halogens is 1. The molecular weight excluding hydrogens is 237 g/mol. The Morgan fingerprint density at radius 3 is 2.78 bits per heavy atom. The zero-order valence-corrected chi connectivity index (χ0v) is 9.65. The summed E-state index contributed by atoms with van der Waals surface area (Å²) in [5.41, 5.74) is -0.245. The quantitative estimate of drug-likeness (QED) is 0.870.